The van der Waals surface area contributed by atoms with Crippen LogP contribution in [-0.4, -0.2) is 48.5 Å². The van der Waals surface area contributed by atoms with E-state index in [1.165, 1.54) is 19.1 Å². The number of ether oxygens (including phenoxy) is 3. The normalized spacial score (nSPS) is 15.2. The van der Waals surface area contributed by atoms with Crippen LogP contribution < -0.4 is 9.47 Å². The monoisotopic (exact) mass is 411 g/mol. The van der Waals surface area contributed by atoms with E-state index in [1.807, 2.05) is 0 Å². The van der Waals surface area contributed by atoms with Crippen LogP contribution >= 0.6 is 35.6 Å². The topological polar surface area (TPSA) is 65.1 Å². The summed E-state index contributed by atoms with van der Waals surface area (Å²) in [4.78, 5) is 25.4. The minimum Gasteiger partial charge on any atom is -0.493 e. The summed E-state index contributed by atoms with van der Waals surface area (Å²) in [5.74, 6) is 2.12. The molecule has 1 aliphatic heterocycles. The van der Waals surface area contributed by atoms with Gasteiger partial charge in [-0.2, -0.15) is 0 Å². The summed E-state index contributed by atoms with van der Waals surface area (Å²) in [5, 5.41) is 0.288. The predicted octanol–water partition coefficient (Wildman–Crippen LogP) is 2.73. The Bertz CT molecular complexity index is 831. The number of benzene rings is 1. The van der Waals surface area contributed by atoms with E-state index in [0.29, 0.717) is 22.0 Å². The van der Waals surface area contributed by atoms with Gasteiger partial charge in [-0.3, -0.25) is 14.5 Å². The molecule has 26 heavy (non-hydrogen) atoms. The number of hydrogen-bond acceptors (Lipinski definition) is 7. The van der Waals surface area contributed by atoms with Gasteiger partial charge in [-0.05, 0) is 23.8 Å². The van der Waals surface area contributed by atoms with Crippen LogP contribution in [0.2, 0.25) is 5.02 Å². The van der Waals surface area contributed by atoms with Gasteiger partial charge in [0.05, 0.1) is 24.1 Å². The number of rotatable bonds is 6. The van der Waals surface area contributed by atoms with Gasteiger partial charge in [0.2, 0.25) is 0 Å². The van der Waals surface area contributed by atoms with Gasteiger partial charge in [0, 0.05) is 0 Å². The molecule has 1 aromatic carbocycles. The summed E-state index contributed by atoms with van der Waals surface area (Å²) in [7, 11) is 2.71. The summed E-state index contributed by atoms with van der Waals surface area (Å²) >= 11 is 12.5. The van der Waals surface area contributed by atoms with Gasteiger partial charge < -0.3 is 14.2 Å². The fourth-order valence-electron chi connectivity index (χ4n) is 2.06. The number of nitrogens with zero attached hydrogens (tertiary/aromatic N) is 1. The lowest BCUT2D eigenvalue weighted by Gasteiger charge is -2.12. The molecule has 136 valence electrons. The van der Waals surface area contributed by atoms with Crippen LogP contribution in [0.25, 0.3) is 6.08 Å². The third kappa shape index (κ3) is 4.49. The molecule has 1 amide bonds. The molecule has 1 aromatic rings. The molecule has 0 aliphatic carbocycles. The highest BCUT2D eigenvalue weighted by molar-refractivity contribution is 8.26. The van der Waals surface area contributed by atoms with Crippen molar-refractivity contribution in [1.29, 1.82) is 0 Å². The zero-order valence-electron chi connectivity index (χ0n) is 13.9. The molecule has 1 aliphatic rings. The maximum atomic E-state index is 12.4. The lowest BCUT2D eigenvalue weighted by Crippen LogP contribution is -2.33. The predicted molar refractivity (Wildman–Crippen MR) is 104 cm³/mol. The zero-order chi connectivity index (χ0) is 19.3. The molecule has 0 N–H and O–H groups in total. The van der Waals surface area contributed by atoms with E-state index in [1.54, 1.807) is 18.2 Å². The van der Waals surface area contributed by atoms with Crippen LogP contribution in [0.3, 0.4) is 0 Å². The molecule has 1 saturated heterocycles. The molecule has 0 atom stereocenters. The second kappa shape index (κ2) is 8.94. The van der Waals surface area contributed by atoms with E-state index < -0.39 is 5.97 Å². The number of esters is 1. The number of hydrogen-bond donors (Lipinski definition) is 0. The smallest absolute Gasteiger partial charge is 0.325 e. The van der Waals surface area contributed by atoms with E-state index in [2.05, 4.69) is 10.7 Å². The first-order valence-electron chi connectivity index (χ1n) is 7.17. The summed E-state index contributed by atoms with van der Waals surface area (Å²) in [6.07, 6.45) is 6.79. The first-order valence-corrected chi connectivity index (χ1v) is 8.77. The minimum absolute atomic E-state index is 0.0433. The third-order valence-electron chi connectivity index (χ3n) is 3.24. The van der Waals surface area contributed by atoms with Gasteiger partial charge in [-0.1, -0.05) is 41.5 Å². The lowest BCUT2D eigenvalue weighted by atomic mass is 10.1. The number of terminal acetylenes is 1. The first kappa shape index (κ1) is 20.1. The molecule has 6 nitrogen and oxygen atoms in total. The molecular weight excluding hydrogens is 398 g/mol. The van der Waals surface area contributed by atoms with Crippen molar-refractivity contribution >= 4 is 57.9 Å². The van der Waals surface area contributed by atoms with Gasteiger partial charge in [-0.15, -0.1) is 6.42 Å². The van der Waals surface area contributed by atoms with Crippen molar-refractivity contribution < 1.29 is 23.8 Å². The van der Waals surface area contributed by atoms with Crippen LogP contribution in [0.5, 0.6) is 11.5 Å². The molecular formula is C17H14ClNO5S2. The van der Waals surface area contributed by atoms with Gasteiger partial charge in [0.25, 0.3) is 5.91 Å². The van der Waals surface area contributed by atoms with Crippen molar-refractivity contribution in [2.75, 3.05) is 27.4 Å². The molecule has 1 fully saturated rings. The quantitative estimate of drug-likeness (QED) is 0.308. The second-order valence-corrected chi connectivity index (χ2v) is 6.95. The van der Waals surface area contributed by atoms with E-state index in [0.717, 1.165) is 11.8 Å². The highest BCUT2D eigenvalue weighted by Crippen LogP contribution is 2.38. The van der Waals surface area contributed by atoms with Gasteiger partial charge in [0.1, 0.15) is 17.5 Å². The summed E-state index contributed by atoms with van der Waals surface area (Å²) in [6, 6.07) is 3.27. The average molecular weight is 412 g/mol. The molecule has 0 aromatic heterocycles. The van der Waals surface area contributed by atoms with Crippen molar-refractivity contribution in [3.8, 4) is 23.8 Å². The zero-order valence-corrected chi connectivity index (χ0v) is 16.3. The fourth-order valence-corrected chi connectivity index (χ4v) is 3.59. The molecule has 0 saturated carbocycles. The van der Waals surface area contributed by atoms with Crippen LogP contribution in [0.15, 0.2) is 17.0 Å². The third-order valence-corrected chi connectivity index (χ3v) is 4.90. The maximum Gasteiger partial charge on any atom is 0.325 e. The number of amides is 1. The number of thioether (sulfide) groups is 1. The largest absolute Gasteiger partial charge is 0.493 e. The SMILES string of the molecule is C#CCOc1c(Cl)cc(/C=C2\SC(=S)N(CC(=O)OC)C2=O)cc1OC. The Morgan fingerprint density at radius 2 is 2.19 bits per heavy atom. The maximum absolute atomic E-state index is 12.4. The highest BCUT2D eigenvalue weighted by Gasteiger charge is 2.33. The van der Waals surface area contributed by atoms with E-state index in [9.17, 15) is 9.59 Å². The summed E-state index contributed by atoms with van der Waals surface area (Å²) in [5.41, 5.74) is 0.610. The Morgan fingerprint density at radius 1 is 1.46 bits per heavy atom. The summed E-state index contributed by atoms with van der Waals surface area (Å²) in [6.45, 7) is -0.191. The van der Waals surface area contributed by atoms with Crippen molar-refractivity contribution in [2.24, 2.45) is 0 Å². The average Bonchev–Trinajstić information content (AvgIpc) is 2.87. The van der Waals surface area contributed by atoms with Gasteiger partial charge in [0.15, 0.2) is 11.5 Å². The van der Waals surface area contributed by atoms with Gasteiger partial charge >= 0.3 is 5.97 Å². The number of carbonyl (C=O) groups is 2. The molecule has 0 bridgehead atoms. The Kier molecular flexibility index (Phi) is 6.91. The fraction of sp³-hybridized carbons (Fsp3) is 0.235. The molecule has 0 radical (unpaired) electrons. The van der Waals surface area contributed by atoms with Crippen molar-refractivity contribution in [3.05, 3.63) is 27.6 Å². The van der Waals surface area contributed by atoms with Gasteiger partial charge in [-0.25, -0.2) is 0 Å². The number of carbonyl (C=O) groups excluding carboxylic acids is 2. The van der Waals surface area contributed by atoms with Crippen LogP contribution in [0.4, 0.5) is 0 Å². The van der Waals surface area contributed by atoms with E-state index >= 15 is 0 Å². The van der Waals surface area contributed by atoms with Crippen LogP contribution in [0.1, 0.15) is 5.56 Å². The second-order valence-electron chi connectivity index (χ2n) is 4.87. The Labute approximate surface area is 165 Å². The highest BCUT2D eigenvalue weighted by atomic mass is 35.5. The van der Waals surface area contributed by atoms with Crippen molar-refractivity contribution in [3.63, 3.8) is 0 Å². The Morgan fingerprint density at radius 3 is 2.81 bits per heavy atom. The molecule has 1 heterocycles. The van der Waals surface area contributed by atoms with E-state index in [4.69, 9.17) is 39.7 Å². The molecule has 0 unspecified atom stereocenters. The van der Waals surface area contributed by atoms with Crippen LogP contribution in [-0.2, 0) is 14.3 Å². The number of methoxy groups -OCH3 is 2. The minimum atomic E-state index is -0.553. The van der Waals surface area contributed by atoms with Crippen LogP contribution in [0, 0.1) is 12.3 Å². The first-order chi connectivity index (χ1) is 12.4. The van der Waals surface area contributed by atoms with Crippen molar-refractivity contribution in [2.45, 2.75) is 0 Å². The molecule has 0 spiro atoms. The summed E-state index contributed by atoms with van der Waals surface area (Å²) < 4.78 is 15.5. The Balaban J connectivity index is 2.31. The van der Waals surface area contributed by atoms with E-state index in [-0.39, 0.29) is 28.4 Å². The van der Waals surface area contributed by atoms with Crippen molar-refractivity contribution in [1.82, 2.24) is 4.90 Å². The number of halogens is 1. The Hall–Kier alpha value is -2.21. The standard InChI is InChI=1S/C17H14ClNO5S2/c1-4-5-24-15-11(18)6-10(7-12(15)22-2)8-13-16(21)19(17(25)26-13)9-14(20)23-3/h1,6-8H,5,9H2,2-3H3/b13-8-. The number of thiocarbonyl (C=S) groups is 1. The molecule has 2 rings (SSSR count). The lowest BCUT2D eigenvalue weighted by molar-refractivity contribution is -0.143. The molecule has 9 heteroatoms.